The average Bonchev–Trinajstić information content (AvgIpc) is 3.41. The summed E-state index contributed by atoms with van der Waals surface area (Å²) in [5.74, 6) is -0.295. The Balaban J connectivity index is 1.44. The Bertz CT molecular complexity index is 1480. The predicted octanol–water partition coefficient (Wildman–Crippen LogP) is 4.37. The molecule has 19 nitrogen and oxygen atoms in total. The third kappa shape index (κ3) is 25.1. The first kappa shape index (κ1) is 67.5. The number of aliphatic hydroxyl groups excluding tert-OH is 11. The number of ether oxygens (including phenoxy) is 6. The molecule has 3 heterocycles. The highest BCUT2D eigenvalue weighted by Crippen LogP contribution is 2.33. The Morgan fingerprint density at radius 1 is 0.467 bits per heavy atom. The van der Waals surface area contributed by atoms with E-state index in [1.807, 2.05) is 6.08 Å². The van der Waals surface area contributed by atoms with Gasteiger partial charge in [0.1, 0.15) is 73.2 Å². The van der Waals surface area contributed by atoms with Crippen LogP contribution in [-0.4, -0.2) is 193 Å². The fourth-order valence-electron chi connectivity index (χ4n) is 9.91. The monoisotopic (exact) mass is 1080 g/mol. The number of aliphatic hydroxyl groups is 11. The lowest BCUT2D eigenvalue weighted by Gasteiger charge is -2.48. The second kappa shape index (κ2) is 40.4. The zero-order chi connectivity index (χ0) is 54.8. The molecule has 0 aromatic heterocycles. The third-order valence-electron chi connectivity index (χ3n) is 14.8. The van der Waals surface area contributed by atoms with Gasteiger partial charge in [0.2, 0.25) is 5.91 Å². The lowest BCUT2D eigenvalue weighted by molar-refractivity contribution is -0.379. The summed E-state index contributed by atoms with van der Waals surface area (Å²) in [6.07, 6.45) is 13.8. The van der Waals surface area contributed by atoms with E-state index in [2.05, 4.69) is 31.3 Å². The number of carbonyl (C=O) groups is 1. The summed E-state index contributed by atoms with van der Waals surface area (Å²) in [4.78, 5) is 13.1. The van der Waals surface area contributed by atoms with Crippen molar-refractivity contribution in [3.63, 3.8) is 0 Å². The van der Waals surface area contributed by atoms with Crippen LogP contribution in [-0.2, 0) is 33.2 Å². The first-order chi connectivity index (χ1) is 36.3. The van der Waals surface area contributed by atoms with Crippen LogP contribution in [0.25, 0.3) is 0 Å². The Morgan fingerprint density at radius 3 is 1.33 bits per heavy atom. The predicted molar refractivity (Wildman–Crippen MR) is 282 cm³/mol. The van der Waals surface area contributed by atoms with Gasteiger partial charge in [-0.25, -0.2) is 0 Å². The number of carbonyl (C=O) groups excluding carboxylic acids is 1. The van der Waals surface area contributed by atoms with Crippen molar-refractivity contribution in [2.45, 2.75) is 298 Å². The molecular weight excluding hydrogens is 975 g/mol. The highest BCUT2D eigenvalue weighted by atomic mass is 16.8. The van der Waals surface area contributed by atoms with Crippen LogP contribution in [0.15, 0.2) is 24.3 Å². The maximum atomic E-state index is 13.1. The van der Waals surface area contributed by atoms with Gasteiger partial charge in [0.05, 0.1) is 38.6 Å². The summed E-state index contributed by atoms with van der Waals surface area (Å²) >= 11 is 0. The molecule has 440 valence electrons. The Labute approximate surface area is 448 Å². The van der Waals surface area contributed by atoms with Crippen LogP contribution in [0.1, 0.15) is 194 Å². The number of hydrogen-bond donors (Lipinski definition) is 12. The van der Waals surface area contributed by atoms with Crippen molar-refractivity contribution in [3.8, 4) is 0 Å². The molecule has 3 aliphatic rings. The summed E-state index contributed by atoms with van der Waals surface area (Å²) in [5, 5.41) is 120. The lowest BCUT2D eigenvalue weighted by atomic mass is 9.96. The van der Waals surface area contributed by atoms with Crippen LogP contribution in [0.5, 0.6) is 0 Å². The summed E-state index contributed by atoms with van der Waals surface area (Å²) in [7, 11) is 0. The van der Waals surface area contributed by atoms with Crippen molar-refractivity contribution in [2.75, 3.05) is 26.4 Å². The average molecular weight is 1080 g/mol. The minimum atomic E-state index is -1.98. The third-order valence-corrected chi connectivity index (χ3v) is 14.8. The van der Waals surface area contributed by atoms with Gasteiger partial charge in [0.25, 0.3) is 0 Å². The lowest BCUT2D eigenvalue weighted by Crippen LogP contribution is -2.66. The summed E-state index contributed by atoms with van der Waals surface area (Å²) in [5.41, 5.74) is 0. The molecule has 0 spiro atoms. The second-order valence-corrected chi connectivity index (χ2v) is 21.1. The molecule has 12 N–H and O–H groups in total. The van der Waals surface area contributed by atoms with Gasteiger partial charge in [0.15, 0.2) is 18.9 Å². The van der Waals surface area contributed by atoms with Gasteiger partial charge < -0.3 is 89.9 Å². The molecule has 0 aromatic carbocycles. The van der Waals surface area contributed by atoms with Crippen LogP contribution in [0.3, 0.4) is 0 Å². The van der Waals surface area contributed by atoms with E-state index in [0.717, 1.165) is 51.4 Å². The fraction of sp³-hybridized carbons (Fsp3) is 0.911. The maximum Gasteiger partial charge on any atom is 0.220 e. The van der Waals surface area contributed by atoms with E-state index in [-0.39, 0.29) is 18.9 Å². The summed E-state index contributed by atoms with van der Waals surface area (Å²) in [6.45, 7) is 1.62. The smallest absolute Gasteiger partial charge is 0.220 e. The minimum Gasteiger partial charge on any atom is -0.394 e. The van der Waals surface area contributed by atoms with E-state index in [0.29, 0.717) is 12.8 Å². The van der Waals surface area contributed by atoms with Gasteiger partial charge in [-0.15, -0.1) is 0 Å². The van der Waals surface area contributed by atoms with E-state index < -0.39 is 124 Å². The standard InChI is InChI=1S/C56H103NO18/c1-3-5-7-9-11-12-13-14-15-16-17-18-19-20-21-22-23-24-25-26-27-28-29-31-33-40(61)39(57-44(62)34-32-30-10-8-6-4-2)38-70-54-50(68)47(65)52(42(36-59)72-54)75-56-51(69)48(66)53(43(37-60)73-56)74-55-49(67)46(64)45(63)41(35-58)71-55/h26-27,31,33,39-43,45-56,58-61,63-69H,3-25,28-30,32,34-38H2,1-2H3,(H,57,62)/b27-26+,33-31+. The van der Waals surface area contributed by atoms with E-state index in [9.17, 15) is 61.0 Å². The van der Waals surface area contributed by atoms with Crippen molar-refractivity contribution in [1.29, 1.82) is 0 Å². The molecule has 0 aromatic rings. The van der Waals surface area contributed by atoms with Gasteiger partial charge >= 0.3 is 0 Å². The van der Waals surface area contributed by atoms with Crippen molar-refractivity contribution < 1.29 is 89.4 Å². The van der Waals surface area contributed by atoms with Crippen LogP contribution >= 0.6 is 0 Å². The van der Waals surface area contributed by atoms with Crippen LogP contribution in [0, 0.1) is 0 Å². The first-order valence-corrected chi connectivity index (χ1v) is 29.1. The highest BCUT2D eigenvalue weighted by molar-refractivity contribution is 5.76. The normalized spacial score (nSPS) is 31.3. The Morgan fingerprint density at radius 2 is 0.853 bits per heavy atom. The van der Waals surface area contributed by atoms with Crippen molar-refractivity contribution in [2.24, 2.45) is 0 Å². The quantitative estimate of drug-likeness (QED) is 0.0298. The molecule has 17 unspecified atom stereocenters. The minimum absolute atomic E-state index is 0.234. The van der Waals surface area contributed by atoms with Crippen molar-refractivity contribution >= 4 is 5.91 Å². The molecule has 0 radical (unpaired) electrons. The number of allylic oxidation sites excluding steroid dienone is 3. The number of unbranched alkanes of at least 4 members (excludes halogenated alkanes) is 24. The van der Waals surface area contributed by atoms with E-state index >= 15 is 0 Å². The van der Waals surface area contributed by atoms with Crippen LogP contribution in [0.2, 0.25) is 0 Å². The Hall–Kier alpha value is -1.73. The maximum absolute atomic E-state index is 13.1. The highest BCUT2D eigenvalue weighted by Gasteiger charge is 2.53. The molecule has 3 rings (SSSR count). The largest absolute Gasteiger partial charge is 0.394 e. The van der Waals surface area contributed by atoms with Gasteiger partial charge in [-0.2, -0.15) is 0 Å². The second-order valence-electron chi connectivity index (χ2n) is 21.1. The summed E-state index contributed by atoms with van der Waals surface area (Å²) < 4.78 is 34.1. The van der Waals surface area contributed by atoms with E-state index in [1.165, 1.54) is 109 Å². The number of nitrogens with one attached hydrogen (secondary N) is 1. The molecule has 0 saturated carbocycles. The van der Waals surface area contributed by atoms with E-state index in [4.69, 9.17) is 28.4 Å². The molecule has 3 saturated heterocycles. The fourth-order valence-corrected chi connectivity index (χ4v) is 9.91. The first-order valence-electron chi connectivity index (χ1n) is 29.1. The summed E-state index contributed by atoms with van der Waals surface area (Å²) in [6, 6.07) is -0.982. The molecule has 3 fully saturated rings. The molecule has 3 aliphatic heterocycles. The number of amides is 1. The van der Waals surface area contributed by atoms with Crippen molar-refractivity contribution in [1.82, 2.24) is 5.32 Å². The molecule has 17 atom stereocenters. The number of hydrogen-bond acceptors (Lipinski definition) is 18. The van der Waals surface area contributed by atoms with E-state index in [1.54, 1.807) is 6.08 Å². The molecule has 19 heteroatoms. The molecule has 75 heavy (non-hydrogen) atoms. The molecule has 0 bridgehead atoms. The Kier molecular flexibility index (Phi) is 36.4. The van der Waals surface area contributed by atoms with Gasteiger partial charge in [0, 0.05) is 6.42 Å². The van der Waals surface area contributed by atoms with Crippen molar-refractivity contribution in [3.05, 3.63) is 24.3 Å². The molecular formula is C56H103NO18. The van der Waals surface area contributed by atoms with Gasteiger partial charge in [-0.1, -0.05) is 179 Å². The zero-order valence-corrected chi connectivity index (χ0v) is 45.5. The molecule has 1 amide bonds. The van der Waals surface area contributed by atoms with Gasteiger partial charge in [-0.05, 0) is 32.1 Å². The number of rotatable bonds is 42. The van der Waals surface area contributed by atoms with Crippen LogP contribution < -0.4 is 5.32 Å². The SMILES string of the molecule is CCCCCCCCCCCCCCCCCCCC/C=C/CC/C=C/C(O)C(COC1OC(CO)C(OC2OC(CO)C(OC3OC(CO)C(O)C(O)C3O)C(O)C2O)C(O)C1O)NC(=O)CCCCCCCC. The topological polar surface area (TPSA) is 307 Å². The van der Waals surface area contributed by atoms with Gasteiger partial charge in [-0.3, -0.25) is 4.79 Å². The van der Waals surface area contributed by atoms with Crippen LogP contribution in [0.4, 0.5) is 0 Å². The molecule has 0 aliphatic carbocycles. The zero-order valence-electron chi connectivity index (χ0n) is 45.5.